The first-order chi connectivity index (χ1) is 9.53. The van der Waals surface area contributed by atoms with Crippen LogP contribution in [0.4, 0.5) is 0 Å². The summed E-state index contributed by atoms with van der Waals surface area (Å²) in [6.07, 6.45) is 0.776. The van der Waals surface area contributed by atoms with Crippen LogP contribution in [0.15, 0.2) is 23.4 Å². The predicted molar refractivity (Wildman–Crippen MR) is 77.3 cm³/mol. The Labute approximate surface area is 118 Å². The first-order valence-corrected chi connectivity index (χ1v) is 6.43. The van der Waals surface area contributed by atoms with Gasteiger partial charge < -0.3 is 20.6 Å². The number of ether oxygens (including phenoxy) is 1. The number of rotatable bonds is 6. The molecule has 0 bridgehead atoms. The minimum absolute atomic E-state index is 0.00146. The molecule has 0 unspecified atom stereocenters. The van der Waals surface area contributed by atoms with Crippen LogP contribution < -0.4 is 10.5 Å². The molecule has 0 atom stereocenters. The van der Waals surface area contributed by atoms with Crippen molar-refractivity contribution in [2.45, 2.75) is 20.3 Å². The maximum atomic E-state index is 12.6. The van der Waals surface area contributed by atoms with E-state index in [0.29, 0.717) is 17.9 Å². The fraction of sp³-hybridized carbons (Fsp3) is 0.429. The Balaban J connectivity index is 3.08. The normalized spacial score (nSPS) is 11.2. The highest BCUT2D eigenvalue weighted by Gasteiger charge is 2.20. The Morgan fingerprint density at radius 3 is 2.75 bits per heavy atom. The molecule has 0 spiro atoms. The molecule has 0 saturated carbocycles. The number of methoxy groups -OCH3 is 1. The molecule has 0 aliphatic heterocycles. The number of oxime groups is 1. The van der Waals surface area contributed by atoms with Gasteiger partial charge in [-0.15, -0.1) is 0 Å². The van der Waals surface area contributed by atoms with Crippen molar-refractivity contribution in [2.24, 2.45) is 10.9 Å². The molecule has 0 aliphatic rings. The number of hydrogen-bond donors (Lipinski definition) is 2. The van der Waals surface area contributed by atoms with Crippen LogP contribution in [0, 0.1) is 6.92 Å². The molecule has 110 valence electrons. The van der Waals surface area contributed by atoms with Crippen molar-refractivity contribution >= 4 is 11.7 Å². The number of nitrogens with zero attached hydrogens (tertiary/aromatic N) is 2. The van der Waals surface area contributed by atoms with Gasteiger partial charge in [0.1, 0.15) is 5.75 Å². The zero-order valence-electron chi connectivity index (χ0n) is 12.1. The van der Waals surface area contributed by atoms with E-state index in [4.69, 9.17) is 15.7 Å². The molecule has 6 nitrogen and oxygen atoms in total. The van der Waals surface area contributed by atoms with E-state index in [2.05, 4.69) is 5.16 Å². The molecule has 20 heavy (non-hydrogen) atoms. The van der Waals surface area contributed by atoms with Crippen LogP contribution >= 0.6 is 0 Å². The van der Waals surface area contributed by atoms with Crippen LogP contribution in [0.1, 0.15) is 29.3 Å². The number of carbonyl (C=O) groups excluding carboxylic acids is 1. The van der Waals surface area contributed by atoms with Crippen LogP contribution in [-0.2, 0) is 0 Å². The standard InChI is InChI=1S/C14H21N3O3/c1-4-7-17(9-13(15)16-19)14(18)11-8-10(2)5-6-12(11)20-3/h5-6,8,19H,4,7,9H2,1-3H3,(H2,15,16). The molecule has 0 aliphatic carbocycles. The number of nitrogens with two attached hydrogens (primary N) is 1. The van der Waals surface area contributed by atoms with E-state index in [1.807, 2.05) is 19.9 Å². The largest absolute Gasteiger partial charge is 0.496 e. The fourth-order valence-corrected chi connectivity index (χ4v) is 1.91. The lowest BCUT2D eigenvalue weighted by Crippen LogP contribution is -2.39. The van der Waals surface area contributed by atoms with Gasteiger partial charge in [0, 0.05) is 6.54 Å². The molecule has 0 aromatic heterocycles. The summed E-state index contributed by atoms with van der Waals surface area (Å²) in [4.78, 5) is 14.1. The second-order valence-electron chi connectivity index (χ2n) is 4.52. The van der Waals surface area contributed by atoms with E-state index in [1.54, 1.807) is 12.1 Å². The summed E-state index contributed by atoms with van der Waals surface area (Å²) in [7, 11) is 1.52. The van der Waals surface area contributed by atoms with Crippen LogP contribution in [0.25, 0.3) is 0 Å². The Morgan fingerprint density at radius 1 is 1.50 bits per heavy atom. The van der Waals surface area contributed by atoms with E-state index < -0.39 is 0 Å². The van der Waals surface area contributed by atoms with Crippen LogP contribution in [-0.4, -0.2) is 42.0 Å². The summed E-state index contributed by atoms with van der Waals surface area (Å²) in [6.45, 7) is 4.47. The van der Waals surface area contributed by atoms with Crippen molar-refractivity contribution in [2.75, 3.05) is 20.2 Å². The van der Waals surface area contributed by atoms with E-state index in [9.17, 15) is 4.79 Å². The predicted octanol–water partition coefficient (Wildman–Crippen LogP) is 1.60. The summed E-state index contributed by atoms with van der Waals surface area (Å²) in [5.41, 5.74) is 6.94. The SMILES string of the molecule is CCCN(CC(N)=NO)C(=O)c1cc(C)ccc1OC. The average Bonchev–Trinajstić information content (AvgIpc) is 2.45. The fourth-order valence-electron chi connectivity index (χ4n) is 1.91. The summed E-state index contributed by atoms with van der Waals surface area (Å²) in [5.74, 6) is 0.318. The molecule has 0 fully saturated rings. The molecule has 1 rings (SSSR count). The number of benzene rings is 1. The number of amides is 1. The highest BCUT2D eigenvalue weighted by Crippen LogP contribution is 2.21. The van der Waals surface area contributed by atoms with Crippen LogP contribution in [0.5, 0.6) is 5.75 Å². The van der Waals surface area contributed by atoms with Crippen molar-refractivity contribution in [1.29, 1.82) is 0 Å². The van der Waals surface area contributed by atoms with Crippen LogP contribution in [0.2, 0.25) is 0 Å². The molecule has 0 radical (unpaired) electrons. The van der Waals surface area contributed by atoms with E-state index >= 15 is 0 Å². The lowest BCUT2D eigenvalue weighted by atomic mass is 10.1. The Morgan fingerprint density at radius 2 is 2.20 bits per heavy atom. The number of carbonyl (C=O) groups is 1. The highest BCUT2D eigenvalue weighted by molar-refractivity contribution is 5.99. The zero-order valence-corrected chi connectivity index (χ0v) is 12.1. The molecule has 1 aromatic rings. The first-order valence-electron chi connectivity index (χ1n) is 6.43. The van der Waals surface area contributed by atoms with Gasteiger partial charge in [-0.05, 0) is 25.5 Å². The van der Waals surface area contributed by atoms with Gasteiger partial charge in [-0.25, -0.2) is 0 Å². The Hall–Kier alpha value is -2.24. The molecule has 6 heteroatoms. The maximum absolute atomic E-state index is 12.6. The second-order valence-corrected chi connectivity index (χ2v) is 4.52. The number of aryl methyl sites for hydroxylation is 1. The lowest BCUT2D eigenvalue weighted by molar-refractivity contribution is 0.0774. The Kier molecular flexibility index (Phi) is 5.83. The minimum atomic E-state index is -0.195. The van der Waals surface area contributed by atoms with Gasteiger partial charge in [0.25, 0.3) is 5.91 Å². The number of hydrogen-bond acceptors (Lipinski definition) is 4. The minimum Gasteiger partial charge on any atom is -0.496 e. The van der Waals surface area contributed by atoms with Gasteiger partial charge in [-0.2, -0.15) is 0 Å². The maximum Gasteiger partial charge on any atom is 0.258 e. The summed E-state index contributed by atoms with van der Waals surface area (Å²) >= 11 is 0. The van der Waals surface area contributed by atoms with Crippen molar-refractivity contribution in [3.8, 4) is 5.75 Å². The molecule has 0 heterocycles. The molecule has 3 N–H and O–H groups in total. The summed E-state index contributed by atoms with van der Waals surface area (Å²) in [6, 6.07) is 5.41. The topological polar surface area (TPSA) is 88.1 Å². The second kappa shape index (κ2) is 7.37. The van der Waals surface area contributed by atoms with Gasteiger partial charge in [0.05, 0.1) is 19.2 Å². The van der Waals surface area contributed by atoms with Gasteiger partial charge in [-0.3, -0.25) is 4.79 Å². The quantitative estimate of drug-likeness (QED) is 0.358. The smallest absolute Gasteiger partial charge is 0.258 e. The van der Waals surface area contributed by atoms with Gasteiger partial charge in [0.15, 0.2) is 5.84 Å². The van der Waals surface area contributed by atoms with Crippen molar-refractivity contribution in [3.63, 3.8) is 0 Å². The molecular weight excluding hydrogens is 258 g/mol. The van der Waals surface area contributed by atoms with E-state index in [-0.39, 0.29) is 18.3 Å². The first kappa shape index (κ1) is 15.8. The van der Waals surface area contributed by atoms with Crippen molar-refractivity contribution < 1.29 is 14.7 Å². The van der Waals surface area contributed by atoms with Crippen molar-refractivity contribution in [1.82, 2.24) is 4.90 Å². The molecule has 1 amide bonds. The molecule has 1 aromatic carbocycles. The van der Waals surface area contributed by atoms with Gasteiger partial charge in [0.2, 0.25) is 0 Å². The number of amidine groups is 1. The lowest BCUT2D eigenvalue weighted by Gasteiger charge is -2.22. The highest BCUT2D eigenvalue weighted by atomic mass is 16.5. The molecular formula is C14H21N3O3. The monoisotopic (exact) mass is 279 g/mol. The third kappa shape index (κ3) is 3.88. The van der Waals surface area contributed by atoms with Crippen molar-refractivity contribution in [3.05, 3.63) is 29.3 Å². The van der Waals surface area contributed by atoms with Gasteiger partial charge in [-0.1, -0.05) is 23.7 Å². The van der Waals surface area contributed by atoms with Gasteiger partial charge >= 0.3 is 0 Å². The zero-order chi connectivity index (χ0) is 15.1. The molecule has 0 saturated heterocycles. The Bertz CT molecular complexity index is 500. The summed E-state index contributed by atoms with van der Waals surface area (Å²) < 4.78 is 5.22. The third-order valence-electron chi connectivity index (χ3n) is 2.85. The van der Waals surface area contributed by atoms with E-state index in [0.717, 1.165) is 12.0 Å². The van der Waals surface area contributed by atoms with E-state index in [1.165, 1.54) is 12.0 Å². The summed E-state index contributed by atoms with van der Waals surface area (Å²) in [5, 5.41) is 11.6. The average molecular weight is 279 g/mol. The van der Waals surface area contributed by atoms with Crippen LogP contribution in [0.3, 0.4) is 0 Å². The third-order valence-corrected chi connectivity index (χ3v) is 2.85.